The van der Waals surface area contributed by atoms with Gasteiger partial charge in [0.15, 0.2) is 0 Å². The third kappa shape index (κ3) is 20.3. The van der Waals surface area contributed by atoms with Gasteiger partial charge in [0.1, 0.15) is 6.04 Å². The fraction of sp³-hybridized carbons (Fsp3) is 0.857. The second-order valence-corrected chi connectivity index (χ2v) is 7.32. The molecule has 0 radical (unpaired) electrons. The van der Waals surface area contributed by atoms with Crippen LogP contribution in [0.1, 0.15) is 111 Å². The first-order valence-corrected chi connectivity index (χ1v) is 10.7. The predicted molar refractivity (Wildman–Crippen MR) is 107 cm³/mol. The van der Waals surface area contributed by atoms with Crippen LogP contribution < -0.4 is 35.3 Å². The summed E-state index contributed by atoms with van der Waals surface area (Å²) in [5, 5.41) is 8.62. The Bertz CT molecular complexity index is 424. The molecule has 6 nitrogen and oxygen atoms in total. The molecule has 0 spiro atoms. The van der Waals surface area contributed by atoms with Crippen LogP contribution >= 0.6 is 0 Å². The number of carbonyl (C=O) groups excluding carboxylic acids is 2. The molecule has 0 amide bonds. The van der Waals surface area contributed by atoms with E-state index in [-0.39, 0.29) is 50.2 Å². The summed E-state index contributed by atoms with van der Waals surface area (Å²) in [4.78, 5) is 33.5. The van der Waals surface area contributed by atoms with Crippen LogP contribution in [0.2, 0.25) is 0 Å². The average molecular weight is 410 g/mol. The number of carbonyl (C=O) groups is 3. The minimum absolute atomic E-state index is 0. The third-order valence-electron chi connectivity index (χ3n) is 4.69. The molecule has 0 bridgehead atoms. The van der Waals surface area contributed by atoms with E-state index in [1.54, 1.807) is 0 Å². The molecular formula is C21H40NNaO5. The maximum absolute atomic E-state index is 11.5. The smallest absolute Gasteiger partial charge is 1.00 e. The summed E-state index contributed by atoms with van der Waals surface area (Å²) in [6.45, 7) is 2.24. The Morgan fingerprint density at radius 3 is 1.61 bits per heavy atom. The maximum Gasteiger partial charge on any atom is 1.00 e. The number of nitrogens with two attached hydrogens (primary N) is 1. The summed E-state index contributed by atoms with van der Waals surface area (Å²) in [6, 6.07) is -1.10. The van der Waals surface area contributed by atoms with Crippen molar-refractivity contribution in [2.45, 2.75) is 116 Å². The number of hydrogen-bond acceptors (Lipinski definition) is 5. The molecule has 0 fully saturated rings. The van der Waals surface area contributed by atoms with Gasteiger partial charge in [0.2, 0.25) is 0 Å². The van der Waals surface area contributed by atoms with Gasteiger partial charge in [-0.1, -0.05) is 84.0 Å². The van der Waals surface area contributed by atoms with Crippen LogP contribution in [-0.4, -0.2) is 29.1 Å². The normalized spacial score (nSPS) is 11.5. The Hall–Kier alpha value is -0.430. The van der Waals surface area contributed by atoms with Crippen LogP contribution in [0.4, 0.5) is 0 Å². The Balaban J connectivity index is -0.00000338. The molecule has 1 atom stereocenters. The molecule has 0 aliphatic heterocycles. The number of hydrogen-bond donors (Lipinski definition) is 2. The Labute approximate surface area is 194 Å². The van der Waals surface area contributed by atoms with Gasteiger partial charge >= 0.3 is 47.5 Å². The number of unbranched alkanes of at least 4 members (excludes halogenated alkanes) is 12. The van der Waals surface area contributed by atoms with Gasteiger partial charge in [-0.2, -0.15) is 0 Å². The number of esters is 2. The molecule has 0 aromatic carbocycles. The predicted octanol–water partition coefficient (Wildman–Crippen LogP) is 1.85. The minimum atomic E-state index is -1.17. The van der Waals surface area contributed by atoms with E-state index in [9.17, 15) is 14.4 Å². The number of aliphatic carboxylic acids is 1. The minimum Gasteiger partial charge on any atom is -1.00 e. The summed E-state index contributed by atoms with van der Waals surface area (Å²) in [7, 11) is 0. The Kier molecular flexibility index (Phi) is 22.6. The molecule has 0 aromatic rings. The first-order valence-electron chi connectivity index (χ1n) is 10.7. The molecule has 0 saturated carbocycles. The summed E-state index contributed by atoms with van der Waals surface area (Å²) >= 11 is 0. The summed E-state index contributed by atoms with van der Waals surface area (Å²) in [5.74, 6) is -2.40. The van der Waals surface area contributed by atoms with Crippen LogP contribution in [0.3, 0.4) is 0 Å². The first kappa shape index (κ1) is 29.8. The van der Waals surface area contributed by atoms with Gasteiger partial charge in [-0.25, -0.2) is 0 Å². The molecule has 0 rings (SSSR count). The molecule has 0 saturated heterocycles. The van der Waals surface area contributed by atoms with E-state index in [1.807, 2.05) is 0 Å². The Morgan fingerprint density at radius 1 is 0.786 bits per heavy atom. The monoisotopic (exact) mass is 409 g/mol. The van der Waals surface area contributed by atoms with Crippen molar-refractivity contribution in [1.29, 1.82) is 0 Å². The quantitative estimate of drug-likeness (QED) is 0.155. The van der Waals surface area contributed by atoms with Crippen LogP contribution in [0, 0.1) is 0 Å². The molecule has 7 heteroatoms. The number of ether oxygens (including phenoxy) is 1. The van der Waals surface area contributed by atoms with E-state index >= 15 is 0 Å². The SMILES string of the molecule is CCCCCCCCCCCCCCCC(=O)OC(=O)CC[C@H](N)C(=O)O.[H-].[Na+]. The molecule has 160 valence electrons. The van der Waals surface area contributed by atoms with Gasteiger partial charge in [-0.05, 0) is 12.8 Å². The van der Waals surface area contributed by atoms with Crippen LogP contribution in [0.15, 0.2) is 0 Å². The van der Waals surface area contributed by atoms with E-state index in [2.05, 4.69) is 11.7 Å². The molecule has 0 aromatic heterocycles. The van der Waals surface area contributed by atoms with E-state index in [0.717, 1.165) is 19.3 Å². The fourth-order valence-corrected chi connectivity index (χ4v) is 2.91. The average Bonchev–Trinajstić information content (AvgIpc) is 2.63. The second kappa shape index (κ2) is 21.3. The van der Waals surface area contributed by atoms with Gasteiger partial charge in [0, 0.05) is 12.8 Å². The van der Waals surface area contributed by atoms with Crippen molar-refractivity contribution in [2.75, 3.05) is 0 Å². The Morgan fingerprint density at radius 2 is 1.18 bits per heavy atom. The van der Waals surface area contributed by atoms with Crippen molar-refractivity contribution < 1.29 is 55.2 Å². The van der Waals surface area contributed by atoms with Crippen molar-refractivity contribution in [2.24, 2.45) is 5.73 Å². The van der Waals surface area contributed by atoms with E-state index in [0.29, 0.717) is 0 Å². The zero-order chi connectivity index (χ0) is 20.3. The maximum atomic E-state index is 11.5. The summed E-state index contributed by atoms with van der Waals surface area (Å²) in [6.07, 6.45) is 16.0. The van der Waals surface area contributed by atoms with Gasteiger partial charge in [0.25, 0.3) is 0 Å². The van der Waals surface area contributed by atoms with Gasteiger partial charge in [-0.3, -0.25) is 14.4 Å². The van der Waals surface area contributed by atoms with Gasteiger partial charge < -0.3 is 17.0 Å². The summed E-state index contributed by atoms with van der Waals surface area (Å²) < 4.78 is 4.66. The van der Waals surface area contributed by atoms with Crippen molar-refractivity contribution in [3.05, 3.63) is 0 Å². The fourth-order valence-electron chi connectivity index (χ4n) is 2.91. The topological polar surface area (TPSA) is 107 Å². The molecule has 0 unspecified atom stereocenters. The third-order valence-corrected chi connectivity index (χ3v) is 4.69. The number of carboxylic acids is 1. The zero-order valence-electron chi connectivity index (χ0n) is 19.0. The van der Waals surface area contributed by atoms with Gasteiger partial charge in [0.05, 0.1) is 0 Å². The van der Waals surface area contributed by atoms with Crippen LogP contribution in [-0.2, 0) is 19.1 Å². The molecule has 0 heterocycles. The number of carboxylic acid groups (broad SMARTS) is 1. The van der Waals surface area contributed by atoms with Crippen molar-refractivity contribution >= 4 is 17.9 Å². The van der Waals surface area contributed by atoms with E-state index < -0.39 is 23.9 Å². The summed E-state index contributed by atoms with van der Waals surface area (Å²) in [5.41, 5.74) is 5.29. The van der Waals surface area contributed by atoms with Crippen LogP contribution in [0.25, 0.3) is 0 Å². The molecule has 3 N–H and O–H groups in total. The molecule has 0 aliphatic rings. The van der Waals surface area contributed by atoms with Gasteiger partial charge in [-0.15, -0.1) is 0 Å². The first-order chi connectivity index (χ1) is 13.0. The largest absolute Gasteiger partial charge is 1.00 e. The van der Waals surface area contributed by atoms with E-state index in [1.165, 1.54) is 64.2 Å². The molecular weight excluding hydrogens is 369 g/mol. The zero-order valence-corrected chi connectivity index (χ0v) is 20.0. The number of rotatable bonds is 18. The molecule has 0 aliphatic carbocycles. The van der Waals surface area contributed by atoms with Crippen molar-refractivity contribution in [3.8, 4) is 0 Å². The standard InChI is InChI=1S/C21H39NO5.Na.H/c1-2-3-4-5-6-7-8-9-10-11-12-13-14-15-19(23)27-20(24)17-16-18(22)21(25)26;;/h18H,2-17,22H2,1H3,(H,25,26);;/q;+1;-1/t18-;;/m0../s1. The van der Waals surface area contributed by atoms with Crippen molar-refractivity contribution in [1.82, 2.24) is 0 Å². The van der Waals surface area contributed by atoms with E-state index in [4.69, 9.17) is 10.8 Å². The molecule has 28 heavy (non-hydrogen) atoms. The van der Waals surface area contributed by atoms with Crippen molar-refractivity contribution in [3.63, 3.8) is 0 Å². The van der Waals surface area contributed by atoms with Crippen LogP contribution in [0.5, 0.6) is 0 Å². The second-order valence-electron chi connectivity index (χ2n) is 7.32.